The quantitative estimate of drug-likeness (QED) is 0.166. The number of halogens is 1. The lowest BCUT2D eigenvalue weighted by atomic mass is 10.2. The van der Waals surface area contributed by atoms with Gasteiger partial charge >= 0.3 is 0 Å². The van der Waals surface area contributed by atoms with E-state index in [9.17, 15) is 9.90 Å². The van der Waals surface area contributed by atoms with Gasteiger partial charge in [-0.15, -0.1) is 35.3 Å². The van der Waals surface area contributed by atoms with Gasteiger partial charge in [0.15, 0.2) is 5.96 Å². The number of hydrogen-bond acceptors (Lipinski definition) is 4. The van der Waals surface area contributed by atoms with Gasteiger partial charge in [-0.3, -0.25) is 4.79 Å². The number of aliphatic imine (C=N–C) groups is 1. The van der Waals surface area contributed by atoms with E-state index in [1.165, 1.54) is 4.70 Å². The van der Waals surface area contributed by atoms with Crippen LogP contribution in [0, 0.1) is 0 Å². The third-order valence-corrected chi connectivity index (χ3v) is 5.93. The Labute approximate surface area is 210 Å². The van der Waals surface area contributed by atoms with Gasteiger partial charge in [0, 0.05) is 34.8 Å². The summed E-state index contributed by atoms with van der Waals surface area (Å²) in [5.74, 6) is 0.687. The molecule has 1 unspecified atom stereocenters. The fourth-order valence-corrected chi connectivity index (χ4v) is 4.17. The van der Waals surface area contributed by atoms with Crippen molar-refractivity contribution in [3.63, 3.8) is 0 Å². The van der Waals surface area contributed by atoms with Crippen molar-refractivity contribution >= 4 is 63.0 Å². The number of amides is 1. The van der Waals surface area contributed by atoms with Crippen molar-refractivity contribution < 1.29 is 9.90 Å². The van der Waals surface area contributed by atoms with Gasteiger partial charge in [-0.05, 0) is 48.6 Å². The molecule has 0 saturated heterocycles. The molecule has 2 aromatic carbocycles. The standard InChI is InChI=1S/C24H30N4O2S.HI/c1-3-7-23(30)28-19-12-10-17(11-13-19)15-26-24(25-4-2)27-16-20(29)22-14-18-8-5-6-9-21(18)31-22;/h5-6,8-14,20,29H,3-4,7,15-16H2,1-2H3,(H,28,30)(H2,25,26,27);1H. The van der Waals surface area contributed by atoms with E-state index in [2.05, 4.69) is 33.1 Å². The first-order chi connectivity index (χ1) is 15.1. The highest BCUT2D eigenvalue weighted by molar-refractivity contribution is 14.0. The number of rotatable bonds is 9. The summed E-state index contributed by atoms with van der Waals surface area (Å²) in [5, 5.41) is 21.1. The molecule has 172 valence electrons. The number of carbonyl (C=O) groups excluding carboxylic acids is 1. The van der Waals surface area contributed by atoms with Gasteiger partial charge in [0.25, 0.3) is 0 Å². The van der Waals surface area contributed by atoms with Gasteiger partial charge in [-0.25, -0.2) is 4.99 Å². The zero-order valence-electron chi connectivity index (χ0n) is 18.4. The van der Waals surface area contributed by atoms with Crippen LogP contribution in [0.2, 0.25) is 0 Å². The van der Waals surface area contributed by atoms with Crippen molar-refractivity contribution in [1.29, 1.82) is 0 Å². The Balaban J connectivity index is 0.00000363. The maximum Gasteiger partial charge on any atom is 0.224 e. The van der Waals surface area contributed by atoms with E-state index >= 15 is 0 Å². The number of anilines is 1. The Hall–Kier alpha value is -2.17. The Morgan fingerprint density at radius 1 is 1.09 bits per heavy atom. The molecule has 0 saturated carbocycles. The number of guanidine groups is 1. The lowest BCUT2D eigenvalue weighted by Gasteiger charge is -2.14. The fraction of sp³-hybridized carbons (Fsp3) is 0.333. The molecule has 32 heavy (non-hydrogen) atoms. The molecule has 3 aromatic rings. The molecule has 0 fully saturated rings. The van der Waals surface area contributed by atoms with Crippen LogP contribution in [0.25, 0.3) is 10.1 Å². The molecule has 1 atom stereocenters. The molecule has 4 N–H and O–H groups in total. The summed E-state index contributed by atoms with van der Waals surface area (Å²) in [6.07, 6.45) is 0.750. The number of fused-ring (bicyclic) bond motifs is 1. The highest BCUT2D eigenvalue weighted by Crippen LogP contribution is 2.29. The van der Waals surface area contributed by atoms with Crippen LogP contribution >= 0.6 is 35.3 Å². The zero-order chi connectivity index (χ0) is 22.1. The van der Waals surface area contributed by atoms with E-state index in [1.54, 1.807) is 11.3 Å². The Morgan fingerprint density at radius 3 is 2.53 bits per heavy atom. The first kappa shape index (κ1) is 26.1. The number of hydrogen-bond donors (Lipinski definition) is 4. The minimum atomic E-state index is -0.604. The van der Waals surface area contributed by atoms with Crippen LogP contribution in [-0.4, -0.2) is 30.1 Å². The molecule has 1 amide bonds. The molecule has 6 nitrogen and oxygen atoms in total. The Kier molecular flexibility index (Phi) is 10.9. The summed E-state index contributed by atoms with van der Waals surface area (Å²) in [5.41, 5.74) is 1.83. The van der Waals surface area contributed by atoms with Crippen LogP contribution in [0.5, 0.6) is 0 Å². The monoisotopic (exact) mass is 566 g/mol. The SMILES string of the molecule is CCCC(=O)Nc1ccc(CN=C(NCC)NCC(O)c2cc3ccccc3s2)cc1.I. The highest BCUT2D eigenvalue weighted by atomic mass is 127. The third-order valence-electron chi connectivity index (χ3n) is 4.71. The average Bonchev–Trinajstić information content (AvgIpc) is 3.21. The van der Waals surface area contributed by atoms with Crippen LogP contribution in [0.1, 0.15) is 43.2 Å². The third kappa shape index (κ3) is 7.75. The molecular weight excluding hydrogens is 535 g/mol. The lowest BCUT2D eigenvalue weighted by molar-refractivity contribution is -0.116. The van der Waals surface area contributed by atoms with E-state index in [4.69, 9.17) is 0 Å². The van der Waals surface area contributed by atoms with E-state index in [0.29, 0.717) is 25.5 Å². The van der Waals surface area contributed by atoms with Crippen LogP contribution in [-0.2, 0) is 11.3 Å². The van der Waals surface area contributed by atoms with Crippen LogP contribution in [0.4, 0.5) is 5.69 Å². The molecule has 1 heterocycles. The summed E-state index contributed by atoms with van der Waals surface area (Å²) in [7, 11) is 0. The van der Waals surface area contributed by atoms with Gasteiger partial charge in [-0.2, -0.15) is 0 Å². The number of aliphatic hydroxyl groups is 1. The Bertz CT molecular complexity index is 987. The number of aliphatic hydroxyl groups excluding tert-OH is 1. The highest BCUT2D eigenvalue weighted by Gasteiger charge is 2.12. The van der Waals surface area contributed by atoms with Crippen LogP contribution in [0.3, 0.4) is 0 Å². The molecule has 0 bridgehead atoms. The summed E-state index contributed by atoms with van der Waals surface area (Å²) >= 11 is 1.61. The first-order valence-corrected chi connectivity index (χ1v) is 11.5. The van der Waals surface area contributed by atoms with Crippen LogP contribution in [0.15, 0.2) is 59.6 Å². The maximum atomic E-state index is 11.7. The second kappa shape index (κ2) is 13.4. The van der Waals surface area contributed by atoms with Gasteiger partial charge < -0.3 is 21.1 Å². The molecule has 0 spiro atoms. The average molecular weight is 567 g/mol. The molecule has 0 aliphatic carbocycles. The number of nitrogens with one attached hydrogen (secondary N) is 3. The molecular formula is C24H31IN4O2S. The molecule has 1 aromatic heterocycles. The minimum absolute atomic E-state index is 0. The van der Waals surface area contributed by atoms with Gasteiger partial charge in [0.2, 0.25) is 5.91 Å². The predicted octanol–water partition coefficient (Wildman–Crippen LogP) is 5.05. The van der Waals surface area contributed by atoms with Crippen LogP contribution < -0.4 is 16.0 Å². The van der Waals surface area contributed by atoms with E-state index in [-0.39, 0.29) is 29.9 Å². The van der Waals surface area contributed by atoms with Gasteiger partial charge in [-0.1, -0.05) is 37.3 Å². The van der Waals surface area contributed by atoms with Gasteiger partial charge in [0.1, 0.15) is 6.10 Å². The van der Waals surface area contributed by atoms with Crippen molar-refractivity contribution in [2.75, 3.05) is 18.4 Å². The van der Waals surface area contributed by atoms with Crippen molar-refractivity contribution in [2.45, 2.75) is 39.3 Å². The normalized spacial score (nSPS) is 12.2. The second-order valence-corrected chi connectivity index (χ2v) is 8.39. The molecule has 3 rings (SSSR count). The second-order valence-electron chi connectivity index (χ2n) is 7.27. The molecule has 0 aliphatic rings. The Morgan fingerprint density at radius 2 is 1.84 bits per heavy atom. The minimum Gasteiger partial charge on any atom is -0.386 e. The first-order valence-electron chi connectivity index (χ1n) is 10.7. The number of thiophene rings is 1. The van der Waals surface area contributed by atoms with E-state index in [1.807, 2.05) is 56.3 Å². The van der Waals surface area contributed by atoms with Crippen molar-refractivity contribution in [3.05, 3.63) is 65.0 Å². The number of carbonyl (C=O) groups is 1. The molecule has 0 radical (unpaired) electrons. The largest absolute Gasteiger partial charge is 0.386 e. The molecule has 8 heteroatoms. The smallest absolute Gasteiger partial charge is 0.224 e. The predicted molar refractivity (Wildman–Crippen MR) is 145 cm³/mol. The summed E-state index contributed by atoms with van der Waals surface area (Å²) in [4.78, 5) is 17.2. The summed E-state index contributed by atoms with van der Waals surface area (Å²) < 4.78 is 1.17. The van der Waals surface area contributed by atoms with Gasteiger partial charge in [0.05, 0.1) is 6.54 Å². The molecule has 0 aliphatic heterocycles. The fourth-order valence-electron chi connectivity index (χ4n) is 3.12. The number of benzene rings is 2. The van der Waals surface area contributed by atoms with Crippen molar-refractivity contribution in [3.8, 4) is 0 Å². The van der Waals surface area contributed by atoms with E-state index < -0.39 is 6.10 Å². The maximum absolute atomic E-state index is 11.7. The van der Waals surface area contributed by atoms with E-state index in [0.717, 1.165) is 34.5 Å². The summed E-state index contributed by atoms with van der Waals surface area (Å²) in [6, 6.07) is 17.9. The topological polar surface area (TPSA) is 85.8 Å². The van der Waals surface area contributed by atoms with Crippen molar-refractivity contribution in [1.82, 2.24) is 10.6 Å². The number of nitrogens with zero attached hydrogens (tertiary/aromatic N) is 1. The zero-order valence-corrected chi connectivity index (χ0v) is 21.6. The summed E-state index contributed by atoms with van der Waals surface area (Å²) in [6.45, 7) is 5.59. The lowest BCUT2D eigenvalue weighted by Crippen LogP contribution is -2.39. The van der Waals surface area contributed by atoms with Crippen molar-refractivity contribution in [2.24, 2.45) is 4.99 Å².